The lowest BCUT2D eigenvalue weighted by molar-refractivity contribution is -0.138. The summed E-state index contributed by atoms with van der Waals surface area (Å²) in [5, 5.41) is 14.4. The number of aliphatic hydroxyl groups is 1. The molecule has 1 aliphatic carbocycles. The van der Waals surface area contributed by atoms with Gasteiger partial charge >= 0.3 is 6.18 Å². The molecule has 232 valence electrons. The van der Waals surface area contributed by atoms with Crippen LogP contribution in [0.15, 0.2) is 58.0 Å². The fourth-order valence-electron chi connectivity index (χ4n) is 5.73. The number of rotatable bonds is 11. The molecule has 2 heterocycles. The van der Waals surface area contributed by atoms with Crippen LogP contribution < -0.4 is 10.5 Å². The number of ether oxygens (including phenoxy) is 1. The highest BCUT2D eigenvalue weighted by Crippen LogP contribution is 2.39. The third-order valence-corrected chi connectivity index (χ3v) is 9.06. The summed E-state index contributed by atoms with van der Waals surface area (Å²) in [4.78, 5) is 10.5. The van der Waals surface area contributed by atoms with Crippen LogP contribution in [0.2, 0.25) is 0 Å². The lowest BCUT2D eigenvalue weighted by Gasteiger charge is -2.23. The first kappa shape index (κ1) is 31.2. The van der Waals surface area contributed by atoms with E-state index in [1.807, 2.05) is 30.3 Å². The molecule has 8 nitrogen and oxygen atoms in total. The van der Waals surface area contributed by atoms with E-state index in [0.29, 0.717) is 24.6 Å². The normalized spacial score (nSPS) is 19.1. The van der Waals surface area contributed by atoms with Crippen molar-refractivity contribution in [2.45, 2.75) is 75.6 Å². The van der Waals surface area contributed by atoms with Crippen molar-refractivity contribution in [3.05, 3.63) is 65.5 Å². The predicted molar refractivity (Wildman–Crippen MR) is 160 cm³/mol. The molecule has 1 unspecified atom stereocenters. The molecule has 2 aliphatic rings. The Bertz CT molecular complexity index is 1350. The van der Waals surface area contributed by atoms with Crippen LogP contribution >= 0.6 is 11.8 Å². The summed E-state index contributed by atoms with van der Waals surface area (Å²) in [6.07, 6.45) is 2.39. The molecule has 43 heavy (non-hydrogen) atoms. The lowest BCUT2D eigenvalue weighted by atomic mass is 9.87. The number of aliphatic hydroxyl groups excluding tert-OH is 1. The van der Waals surface area contributed by atoms with Gasteiger partial charge in [0.15, 0.2) is 12.2 Å². The van der Waals surface area contributed by atoms with Crippen LogP contribution in [0.3, 0.4) is 0 Å². The van der Waals surface area contributed by atoms with Gasteiger partial charge in [-0.3, -0.25) is 0 Å². The SMILES string of the molecule is N/C(=N/C(O)CSCc1ccccc1)N1CCC[C@H]1c1nc(-c2ccc(OCCC3CCCCC3)c(C(F)(F)F)c2)no1. The van der Waals surface area contributed by atoms with E-state index in [1.165, 1.54) is 31.4 Å². The molecule has 2 atom stereocenters. The first-order chi connectivity index (χ1) is 20.8. The van der Waals surface area contributed by atoms with Gasteiger partial charge in [-0.05, 0) is 48.9 Å². The topological polar surface area (TPSA) is 110 Å². The number of aromatic nitrogens is 2. The Morgan fingerprint density at radius 2 is 1.91 bits per heavy atom. The van der Waals surface area contributed by atoms with Gasteiger partial charge in [-0.15, -0.1) is 0 Å². The van der Waals surface area contributed by atoms with Crippen LogP contribution in [0.1, 0.15) is 74.4 Å². The second-order valence-electron chi connectivity index (χ2n) is 11.1. The van der Waals surface area contributed by atoms with Gasteiger partial charge in [-0.1, -0.05) is 67.6 Å². The molecule has 1 saturated heterocycles. The number of hydrogen-bond acceptors (Lipinski definition) is 7. The fraction of sp³-hybridized carbons (Fsp3) is 0.516. The van der Waals surface area contributed by atoms with Gasteiger partial charge in [-0.25, -0.2) is 4.99 Å². The van der Waals surface area contributed by atoms with Crippen LogP contribution in [-0.2, 0) is 11.9 Å². The summed E-state index contributed by atoms with van der Waals surface area (Å²) >= 11 is 1.55. The van der Waals surface area contributed by atoms with Crippen molar-refractivity contribution in [2.75, 3.05) is 18.9 Å². The Balaban J connectivity index is 1.22. The number of aliphatic imine (C=N–C) groups is 1. The average molecular weight is 618 g/mol. The Morgan fingerprint density at radius 1 is 1.12 bits per heavy atom. The minimum absolute atomic E-state index is 0.0500. The fourth-order valence-corrected chi connectivity index (χ4v) is 6.57. The maximum atomic E-state index is 14.0. The van der Waals surface area contributed by atoms with E-state index in [1.54, 1.807) is 16.7 Å². The first-order valence-corrected chi connectivity index (χ1v) is 16.0. The number of alkyl halides is 3. The van der Waals surface area contributed by atoms with Crippen LogP contribution in [0.5, 0.6) is 5.75 Å². The van der Waals surface area contributed by atoms with Crippen molar-refractivity contribution >= 4 is 17.7 Å². The first-order valence-electron chi connectivity index (χ1n) is 14.9. The standard InChI is InChI=1S/C31H38F3N5O3S/c32-31(33,34)24-18-23(13-14-26(24)41-17-15-21-8-3-1-4-9-21)28-37-29(42-38-28)25-12-7-16-39(25)30(35)36-27(40)20-43-19-22-10-5-2-6-11-22/h2,5-6,10-11,13-14,18,21,25,27,40H,1,3-4,7-9,12,15-17,19-20H2,(H2,35,36)/t25-,27?/m0/s1. The lowest BCUT2D eigenvalue weighted by Crippen LogP contribution is -2.38. The highest BCUT2D eigenvalue weighted by Gasteiger charge is 2.36. The minimum Gasteiger partial charge on any atom is -0.493 e. The molecule has 12 heteroatoms. The minimum atomic E-state index is -4.60. The quantitative estimate of drug-likeness (QED) is 0.178. The van der Waals surface area contributed by atoms with Crippen molar-refractivity contribution in [3.63, 3.8) is 0 Å². The molecule has 1 saturated carbocycles. The van der Waals surface area contributed by atoms with Gasteiger partial charge in [-0.2, -0.15) is 29.9 Å². The van der Waals surface area contributed by atoms with E-state index in [0.717, 1.165) is 43.1 Å². The predicted octanol–water partition coefficient (Wildman–Crippen LogP) is 6.81. The van der Waals surface area contributed by atoms with Crippen LogP contribution in [-0.4, -0.2) is 51.2 Å². The molecular formula is C31H38F3N5O3S. The van der Waals surface area contributed by atoms with E-state index in [2.05, 4.69) is 15.1 Å². The highest BCUT2D eigenvalue weighted by molar-refractivity contribution is 7.98. The van der Waals surface area contributed by atoms with Gasteiger partial charge in [0, 0.05) is 23.6 Å². The van der Waals surface area contributed by atoms with Crippen LogP contribution in [0, 0.1) is 5.92 Å². The van der Waals surface area contributed by atoms with Gasteiger partial charge < -0.3 is 25.0 Å². The second kappa shape index (κ2) is 14.5. The number of nitrogens with zero attached hydrogens (tertiary/aromatic N) is 4. The van der Waals surface area contributed by atoms with E-state index >= 15 is 0 Å². The maximum Gasteiger partial charge on any atom is 0.419 e. The Labute approximate surface area is 253 Å². The molecule has 3 N–H and O–H groups in total. The molecule has 0 amide bonds. The molecule has 0 spiro atoms. The summed E-state index contributed by atoms with van der Waals surface area (Å²) in [5.41, 5.74) is 6.73. The molecule has 1 aliphatic heterocycles. The van der Waals surface area contributed by atoms with E-state index < -0.39 is 24.0 Å². The Kier molecular flexibility index (Phi) is 10.5. The summed E-state index contributed by atoms with van der Waals surface area (Å²) in [6.45, 7) is 0.826. The van der Waals surface area contributed by atoms with Crippen molar-refractivity contribution in [3.8, 4) is 17.1 Å². The van der Waals surface area contributed by atoms with Crippen LogP contribution in [0.25, 0.3) is 11.4 Å². The number of thioether (sulfide) groups is 1. The molecular weight excluding hydrogens is 579 g/mol. The molecule has 0 bridgehead atoms. The zero-order chi connectivity index (χ0) is 30.2. The Morgan fingerprint density at radius 3 is 2.67 bits per heavy atom. The second-order valence-corrected chi connectivity index (χ2v) is 12.2. The van der Waals surface area contributed by atoms with E-state index in [9.17, 15) is 18.3 Å². The monoisotopic (exact) mass is 617 g/mol. The summed E-state index contributed by atoms with van der Waals surface area (Å²) in [6, 6.07) is 13.4. The van der Waals surface area contributed by atoms with Gasteiger partial charge in [0.1, 0.15) is 11.8 Å². The average Bonchev–Trinajstić information content (AvgIpc) is 3.68. The number of nitrogens with two attached hydrogens (primary N) is 1. The number of benzene rings is 2. The van der Waals surface area contributed by atoms with Crippen LogP contribution in [0.4, 0.5) is 13.2 Å². The van der Waals surface area contributed by atoms with Gasteiger partial charge in [0.2, 0.25) is 11.7 Å². The van der Waals surface area contributed by atoms with Crippen molar-refractivity contribution in [1.29, 1.82) is 0 Å². The largest absolute Gasteiger partial charge is 0.493 e. The summed E-state index contributed by atoms with van der Waals surface area (Å²) < 4.78 is 53.1. The molecule has 5 rings (SSSR count). The molecule has 2 fully saturated rings. The van der Waals surface area contributed by atoms with Crippen molar-refractivity contribution in [1.82, 2.24) is 15.0 Å². The third kappa shape index (κ3) is 8.44. The van der Waals surface area contributed by atoms with Crippen molar-refractivity contribution in [2.24, 2.45) is 16.6 Å². The maximum absolute atomic E-state index is 14.0. The third-order valence-electron chi connectivity index (χ3n) is 7.99. The molecule has 0 radical (unpaired) electrons. The number of guanidine groups is 1. The summed E-state index contributed by atoms with van der Waals surface area (Å²) in [7, 11) is 0. The summed E-state index contributed by atoms with van der Waals surface area (Å²) in [5.74, 6) is 1.88. The smallest absolute Gasteiger partial charge is 0.419 e. The van der Waals surface area contributed by atoms with Gasteiger partial charge in [0.25, 0.3) is 0 Å². The molecule has 3 aromatic rings. The Hall–Kier alpha value is -3.25. The zero-order valence-electron chi connectivity index (χ0n) is 24.0. The van der Waals surface area contributed by atoms with E-state index in [4.69, 9.17) is 15.0 Å². The number of halogens is 3. The highest BCUT2D eigenvalue weighted by atomic mass is 32.2. The molecule has 1 aromatic heterocycles. The van der Waals surface area contributed by atoms with Gasteiger partial charge in [0.05, 0.1) is 12.2 Å². The van der Waals surface area contributed by atoms with Crippen molar-refractivity contribution < 1.29 is 27.5 Å². The number of hydrogen-bond donors (Lipinski definition) is 2. The molecule has 2 aromatic carbocycles. The van der Waals surface area contributed by atoms with E-state index in [-0.39, 0.29) is 35.6 Å². The number of likely N-dealkylation sites (tertiary alicyclic amines) is 1. The zero-order valence-corrected chi connectivity index (χ0v) is 24.8.